The number of amides is 2. The average Bonchev–Trinajstić information content (AvgIpc) is 2.92. The van der Waals surface area contributed by atoms with Crippen LogP contribution in [0.1, 0.15) is 32.7 Å². The van der Waals surface area contributed by atoms with Crippen LogP contribution in [0.2, 0.25) is 0 Å². The van der Waals surface area contributed by atoms with Gasteiger partial charge in [0.1, 0.15) is 5.82 Å². The Bertz CT molecular complexity index is 1210. The Labute approximate surface area is 193 Å². The summed E-state index contributed by atoms with van der Waals surface area (Å²) < 4.78 is 31.8. The van der Waals surface area contributed by atoms with Gasteiger partial charge in [0, 0.05) is 25.8 Å². The van der Waals surface area contributed by atoms with E-state index < -0.39 is 10.8 Å². The van der Waals surface area contributed by atoms with E-state index in [1.54, 1.807) is 61.7 Å². The van der Waals surface area contributed by atoms with Gasteiger partial charge in [0.05, 0.1) is 38.4 Å². The summed E-state index contributed by atoms with van der Waals surface area (Å²) in [6, 6.07) is 17.5. The van der Waals surface area contributed by atoms with Gasteiger partial charge in [-0.1, -0.05) is 24.3 Å². The molecule has 3 aromatic rings. The second-order valence-electron chi connectivity index (χ2n) is 7.57. The highest BCUT2D eigenvalue weighted by atomic mass is 32.2. The molecule has 4 rings (SSSR count). The molecule has 3 aromatic carbocycles. The average molecular weight is 467 g/mol. The molecule has 33 heavy (non-hydrogen) atoms. The highest BCUT2D eigenvalue weighted by Crippen LogP contribution is 2.36. The molecule has 0 saturated carbocycles. The fourth-order valence-corrected chi connectivity index (χ4v) is 5.00. The van der Waals surface area contributed by atoms with Crippen LogP contribution < -0.4 is 10.2 Å². The summed E-state index contributed by atoms with van der Waals surface area (Å²) in [5.74, 6) is -1.00. The lowest BCUT2D eigenvalue weighted by atomic mass is 10.1. The van der Waals surface area contributed by atoms with Crippen LogP contribution >= 0.6 is 0 Å². The zero-order valence-corrected chi connectivity index (χ0v) is 18.9. The minimum Gasteiger partial charge on any atom is -0.385 e. The highest BCUT2D eigenvalue weighted by molar-refractivity contribution is 7.85. The molecule has 1 aliphatic heterocycles. The van der Waals surface area contributed by atoms with Crippen LogP contribution in [0.5, 0.6) is 0 Å². The summed E-state index contributed by atoms with van der Waals surface area (Å²) in [4.78, 5) is 28.6. The van der Waals surface area contributed by atoms with E-state index in [9.17, 15) is 18.2 Å². The lowest BCUT2D eigenvalue weighted by Crippen LogP contribution is -2.31. The smallest absolute Gasteiger partial charge is 0.259 e. The minimum atomic E-state index is -1.61. The Morgan fingerprint density at radius 2 is 1.82 bits per heavy atom. The number of hydrogen-bond donors (Lipinski definition) is 1. The summed E-state index contributed by atoms with van der Waals surface area (Å²) in [5, 5.41) is 2.83. The van der Waals surface area contributed by atoms with E-state index in [-0.39, 0.29) is 24.2 Å². The molecule has 0 unspecified atom stereocenters. The number of carbonyl (C=O) groups is 2. The van der Waals surface area contributed by atoms with Crippen LogP contribution in [-0.4, -0.2) is 36.3 Å². The molecule has 1 heterocycles. The second kappa shape index (κ2) is 10.1. The molecule has 0 bridgehead atoms. The second-order valence-corrected chi connectivity index (χ2v) is 8.98. The van der Waals surface area contributed by atoms with Crippen LogP contribution in [0.4, 0.5) is 10.1 Å². The number of ether oxygens (including phenoxy) is 1. The number of carbonyl (C=O) groups excluding carboxylic acids is 2. The highest BCUT2D eigenvalue weighted by Gasteiger charge is 2.31. The van der Waals surface area contributed by atoms with E-state index in [0.717, 1.165) is 0 Å². The van der Waals surface area contributed by atoms with Gasteiger partial charge in [-0.2, -0.15) is 0 Å². The standard InChI is InChI=1S/C25H23FN2O4S/c1-32-14-4-13-27-24(29)18-9-12-23-21(15-18)28(16-17-7-10-19(26)11-8-17)25(30)20-5-2-3-6-22(20)33(23)31/h2-3,5-12,15H,4,13-14,16H2,1H3,(H,27,29)/t33-/m1/s1. The van der Waals surface area contributed by atoms with Crippen molar-refractivity contribution in [1.82, 2.24) is 5.32 Å². The van der Waals surface area contributed by atoms with Gasteiger partial charge in [-0.25, -0.2) is 8.60 Å². The number of methoxy groups -OCH3 is 1. The van der Waals surface area contributed by atoms with Crippen molar-refractivity contribution in [3.8, 4) is 0 Å². The predicted octanol–water partition coefficient (Wildman–Crippen LogP) is 3.92. The third-order valence-corrected chi connectivity index (χ3v) is 6.84. The number of hydrogen-bond acceptors (Lipinski definition) is 4. The first kappa shape index (κ1) is 22.8. The summed E-state index contributed by atoms with van der Waals surface area (Å²) in [5.41, 5.74) is 1.78. The molecular formula is C25H23FN2O4S. The number of halogens is 1. The van der Waals surface area contributed by atoms with E-state index in [1.807, 2.05) is 0 Å². The number of anilines is 1. The quantitative estimate of drug-likeness (QED) is 0.536. The van der Waals surface area contributed by atoms with Gasteiger partial charge >= 0.3 is 0 Å². The maximum Gasteiger partial charge on any atom is 0.259 e. The number of benzene rings is 3. The van der Waals surface area contributed by atoms with E-state index in [1.165, 1.54) is 17.0 Å². The predicted molar refractivity (Wildman–Crippen MR) is 123 cm³/mol. The third-order valence-electron chi connectivity index (χ3n) is 5.34. The first-order valence-electron chi connectivity index (χ1n) is 10.5. The monoisotopic (exact) mass is 466 g/mol. The Kier molecular flexibility index (Phi) is 6.96. The minimum absolute atomic E-state index is 0.135. The van der Waals surface area contributed by atoms with Crippen molar-refractivity contribution in [3.63, 3.8) is 0 Å². The maximum atomic E-state index is 13.5. The molecular weight excluding hydrogens is 443 g/mol. The van der Waals surface area contributed by atoms with Crippen molar-refractivity contribution < 1.29 is 22.9 Å². The number of nitrogens with zero attached hydrogens (tertiary/aromatic N) is 1. The molecule has 0 spiro atoms. The molecule has 2 amide bonds. The van der Waals surface area contributed by atoms with Crippen LogP contribution in [0, 0.1) is 5.82 Å². The zero-order valence-electron chi connectivity index (χ0n) is 18.0. The van der Waals surface area contributed by atoms with Gasteiger partial charge in [0.25, 0.3) is 11.8 Å². The van der Waals surface area contributed by atoms with E-state index in [2.05, 4.69) is 5.32 Å². The molecule has 6 nitrogen and oxygen atoms in total. The molecule has 0 aliphatic carbocycles. The van der Waals surface area contributed by atoms with Crippen LogP contribution in [0.3, 0.4) is 0 Å². The third kappa shape index (κ3) is 4.86. The Balaban J connectivity index is 1.75. The van der Waals surface area contributed by atoms with Crippen LogP contribution in [0.15, 0.2) is 76.5 Å². The molecule has 1 atom stereocenters. The molecule has 0 fully saturated rings. The lowest BCUT2D eigenvalue weighted by Gasteiger charge is -2.23. The number of nitrogens with one attached hydrogen (secondary N) is 1. The Hall–Kier alpha value is -3.36. The Morgan fingerprint density at radius 3 is 2.58 bits per heavy atom. The van der Waals surface area contributed by atoms with Crippen molar-refractivity contribution >= 4 is 28.3 Å². The summed E-state index contributed by atoms with van der Waals surface area (Å²) in [6.07, 6.45) is 0.668. The van der Waals surface area contributed by atoms with Gasteiger partial charge < -0.3 is 15.0 Å². The van der Waals surface area contributed by atoms with Crippen LogP contribution in [-0.2, 0) is 22.1 Å². The van der Waals surface area contributed by atoms with Crippen molar-refractivity contribution in [1.29, 1.82) is 0 Å². The fraction of sp³-hybridized carbons (Fsp3) is 0.200. The largest absolute Gasteiger partial charge is 0.385 e. The lowest BCUT2D eigenvalue weighted by molar-refractivity contribution is 0.0945. The van der Waals surface area contributed by atoms with Gasteiger partial charge in [-0.3, -0.25) is 9.59 Å². The van der Waals surface area contributed by atoms with Crippen molar-refractivity contribution in [2.24, 2.45) is 0 Å². The first-order chi connectivity index (χ1) is 16.0. The van der Waals surface area contributed by atoms with Gasteiger partial charge in [0.15, 0.2) is 0 Å². The van der Waals surface area contributed by atoms with Crippen molar-refractivity contribution in [2.75, 3.05) is 25.2 Å². The molecule has 1 N–H and O–H groups in total. The maximum absolute atomic E-state index is 13.5. The van der Waals surface area contributed by atoms with E-state index >= 15 is 0 Å². The molecule has 1 aliphatic rings. The Morgan fingerprint density at radius 1 is 1.06 bits per heavy atom. The fourth-order valence-electron chi connectivity index (χ4n) is 3.65. The van der Waals surface area contributed by atoms with Crippen molar-refractivity contribution in [2.45, 2.75) is 22.8 Å². The molecule has 0 radical (unpaired) electrons. The normalized spacial score (nSPS) is 14.9. The molecule has 0 aromatic heterocycles. The number of rotatable bonds is 7. The van der Waals surface area contributed by atoms with Gasteiger partial charge in [-0.15, -0.1) is 0 Å². The summed E-state index contributed by atoms with van der Waals surface area (Å²) in [7, 11) is -0.0144. The van der Waals surface area contributed by atoms with Gasteiger partial charge in [-0.05, 0) is 54.4 Å². The summed E-state index contributed by atoms with van der Waals surface area (Å²) in [6.45, 7) is 1.11. The van der Waals surface area contributed by atoms with Crippen molar-refractivity contribution in [3.05, 3.63) is 89.2 Å². The SMILES string of the molecule is COCCCNC(=O)c1ccc2c(c1)N(Cc1ccc(F)cc1)C(=O)c1ccccc1[S@]2=O. The zero-order chi connectivity index (χ0) is 23.4. The van der Waals surface area contributed by atoms with E-state index in [0.29, 0.717) is 51.7 Å². The molecule has 8 heteroatoms. The number of fused-ring (bicyclic) bond motifs is 2. The topological polar surface area (TPSA) is 75.7 Å². The molecule has 0 saturated heterocycles. The van der Waals surface area contributed by atoms with Gasteiger partial charge in [0.2, 0.25) is 0 Å². The summed E-state index contributed by atoms with van der Waals surface area (Å²) >= 11 is 0. The van der Waals surface area contributed by atoms with E-state index in [4.69, 9.17) is 4.74 Å². The molecule has 170 valence electrons. The van der Waals surface area contributed by atoms with Crippen LogP contribution in [0.25, 0.3) is 0 Å². The first-order valence-corrected chi connectivity index (χ1v) is 11.6.